The molecule has 1 saturated carbocycles. The summed E-state index contributed by atoms with van der Waals surface area (Å²) < 4.78 is 0. The summed E-state index contributed by atoms with van der Waals surface area (Å²) in [6, 6.07) is 2.11. The van der Waals surface area contributed by atoms with Gasteiger partial charge in [0, 0.05) is 18.0 Å². The van der Waals surface area contributed by atoms with Crippen LogP contribution in [0.5, 0.6) is 0 Å². The van der Waals surface area contributed by atoms with Gasteiger partial charge in [-0.3, -0.25) is 4.79 Å². The number of carbonyl (C=O) groups is 1. The van der Waals surface area contributed by atoms with Crippen molar-refractivity contribution < 1.29 is 4.79 Å². The van der Waals surface area contributed by atoms with Gasteiger partial charge in [-0.05, 0) is 42.7 Å². The van der Waals surface area contributed by atoms with Crippen LogP contribution < -0.4 is 10.6 Å². The molecule has 0 aromatic carbocycles. The maximum absolute atomic E-state index is 11.4. The lowest BCUT2D eigenvalue weighted by Gasteiger charge is -2.05. The predicted molar refractivity (Wildman–Crippen MR) is 66.5 cm³/mol. The molecule has 88 valence electrons. The minimum atomic E-state index is 0.112. The lowest BCUT2D eigenvalue weighted by molar-refractivity contribution is -0.120. The van der Waals surface area contributed by atoms with Crippen molar-refractivity contribution in [3.63, 3.8) is 0 Å². The zero-order valence-corrected chi connectivity index (χ0v) is 10.4. The van der Waals surface area contributed by atoms with Gasteiger partial charge in [0.15, 0.2) is 0 Å². The molecule has 0 saturated heterocycles. The van der Waals surface area contributed by atoms with Gasteiger partial charge < -0.3 is 10.6 Å². The topological polar surface area (TPSA) is 41.1 Å². The van der Waals surface area contributed by atoms with E-state index < -0.39 is 0 Å². The Kier molecular flexibility index (Phi) is 3.96. The van der Waals surface area contributed by atoms with E-state index in [1.807, 2.05) is 0 Å². The molecular weight excluding hydrogens is 220 g/mol. The number of thiophene rings is 1. The maximum Gasteiger partial charge on any atom is 0.233 e. The first kappa shape index (κ1) is 11.6. The molecule has 4 heteroatoms. The maximum atomic E-state index is 11.4. The summed E-state index contributed by atoms with van der Waals surface area (Å²) in [4.78, 5) is 12.7. The Morgan fingerprint density at radius 3 is 3.00 bits per heavy atom. The summed E-state index contributed by atoms with van der Waals surface area (Å²) in [5, 5.41) is 8.20. The number of aryl methyl sites for hydroxylation is 1. The molecule has 16 heavy (non-hydrogen) atoms. The molecule has 1 aliphatic carbocycles. The summed E-state index contributed by atoms with van der Waals surface area (Å²) in [5.41, 5.74) is 1.30. The predicted octanol–water partition coefficient (Wildman–Crippen LogP) is 1.67. The molecule has 0 bridgehead atoms. The lowest BCUT2D eigenvalue weighted by atomic mass is 10.3. The Hall–Kier alpha value is -0.870. The van der Waals surface area contributed by atoms with Gasteiger partial charge in [0.05, 0.1) is 6.54 Å². The second-order valence-corrected chi connectivity index (χ2v) is 5.38. The summed E-state index contributed by atoms with van der Waals surface area (Å²) in [6.07, 6.45) is 2.56. The van der Waals surface area contributed by atoms with E-state index in [1.54, 1.807) is 11.3 Å². The van der Waals surface area contributed by atoms with E-state index in [4.69, 9.17) is 0 Å². The van der Waals surface area contributed by atoms with E-state index >= 15 is 0 Å². The van der Waals surface area contributed by atoms with Crippen LogP contribution >= 0.6 is 11.3 Å². The molecule has 0 radical (unpaired) electrons. The number of hydrogen-bond donors (Lipinski definition) is 2. The number of rotatable bonds is 6. The molecule has 0 atom stereocenters. The van der Waals surface area contributed by atoms with Crippen molar-refractivity contribution in [1.82, 2.24) is 10.6 Å². The van der Waals surface area contributed by atoms with Crippen molar-refractivity contribution in [3.8, 4) is 0 Å². The first-order valence-corrected chi connectivity index (χ1v) is 6.64. The van der Waals surface area contributed by atoms with Crippen LogP contribution in [0.2, 0.25) is 0 Å². The first-order valence-electron chi connectivity index (χ1n) is 5.76. The number of hydrogen-bond acceptors (Lipinski definition) is 3. The van der Waals surface area contributed by atoms with E-state index in [1.165, 1.54) is 23.3 Å². The van der Waals surface area contributed by atoms with Crippen molar-refractivity contribution in [2.45, 2.75) is 26.3 Å². The summed E-state index contributed by atoms with van der Waals surface area (Å²) in [5.74, 6) is 0.865. The highest BCUT2D eigenvalue weighted by Gasteiger charge is 2.21. The molecule has 0 spiro atoms. The quantitative estimate of drug-likeness (QED) is 0.791. The lowest BCUT2D eigenvalue weighted by Crippen LogP contribution is -2.34. The zero-order valence-electron chi connectivity index (χ0n) is 9.58. The average Bonchev–Trinajstić information content (AvgIpc) is 3.01. The van der Waals surface area contributed by atoms with Crippen molar-refractivity contribution in [3.05, 3.63) is 21.9 Å². The van der Waals surface area contributed by atoms with Gasteiger partial charge in [0.25, 0.3) is 0 Å². The van der Waals surface area contributed by atoms with Crippen LogP contribution in [0.4, 0.5) is 0 Å². The third kappa shape index (κ3) is 3.61. The van der Waals surface area contributed by atoms with E-state index in [9.17, 15) is 4.79 Å². The number of nitrogens with one attached hydrogen (secondary N) is 2. The van der Waals surface area contributed by atoms with Gasteiger partial charge in [0.1, 0.15) is 0 Å². The SMILES string of the molecule is Cc1ccsc1CNCC(=O)NCC1CC1. The van der Waals surface area contributed by atoms with Gasteiger partial charge in [-0.25, -0.2) is 0 Å². The second-order valence-electron chi connectivity index (χ2n) is 4.38. The molecular formula is C12H18N2OS. The van der Waals surface area contributed by atoms with Crippen LogP contribution in [-0.2, 0) is 11.3 Å². The van der Waals surface area contributed by atoms with Crippen LogP contribution in [-0.4, -0.2) is 19.0 Å². The van der Waals surface area contributed by atoms with Gasteiger partial charge in [-0.2, -0.15) is 0 Å². The van der Waals surface area contributed by atoms with Crippen molar-refractivity contribution in [2.75, 3.05) is 13.1 Å². The number of carbonyl (C=O) groups excluding carboxylic acids is 1. The summed E-state index contributed by atoms with van der Waals surface area (Å²) in [6.45, 7) is 4.17. The van der Waals surface area contributed by atoms with Gasteiger partial charge in [-0.1, -0.05) is 0 Å². The first-order chi connectivity index (χ1) is 7.75. The fraction of sp³-hybridized carbons (Fsp3) is 0.583. The van der Waals surface area contributed by atoms with Crippen molar-refractivity contribution >= 4 is 17.2 Å². The molecule has 0 aliphatic heterocycles. The zero-order chi connectivity index (χ0) is 11.4. The molecule has 1 fully saturated rings. The fourth-order valence-corrected chi connectivity index (χ4v) is 2.39. The monoisotopic (exact) mass is 238 g/mol. The molecule has 2 N–H and O–H groups in total. The van der Waals surface area contributed by atoms with Crippen LogP contribution in [0, 0.1) is 12.8 Å². The summed E-state index contributed by atoms with van der Waals surface area (Å²) in [7, 11) is 0. The minimum absolute atomic E-state index is 0.112. The molecule has 2 rings (SSSR count). The largest absolute Gasteiger partial charge is 0.355 e. The standard InChI is InChI=1S/C12H18N2OS/c1-9-4-5-16-11(9)7-13-8-12(15)14-6-10-2-3-10/h4-5,10,13H,2-3,6-8H2,1H3,(H,14,15). The highest BCUT2D eigenvalue weighted by atomic mass is 32.1. The van der Waals surface area contributed by atoms with Gasteiger partial charge >= 0.3 is 0 Å². The molecule has 1 aliphatic rings. The number of amides is 1. The fourth-order valence-electron chi connectivity index (χ4n) is 1.52. The van der Waals surface area contributed by atoms with E-state index in [2.05, 4.69) is 29.0 Å². The van der Waals surface area contributed by atoms with Crippen molar-refractivity contribution in [1.29, 1.82) is 0 Å². The van der Waals surface area contributed by atoms with E-state index in [0.29, 0.717) is 6.54 Å². The minimum Gasteiger partial charge on any atom is -0.355 e. The molecule has 0 unspecified atom stereocenters. The smallest absolute Gasteiger partial charge is 0.233 e. The third-order valence-electron chi connectivity index (χ3n) is 2.82. The Balaban J connectivity index is 1.59. The molecule has 1 heterocycles. The van der Waals surface area contributed by atoms with Gasteiger partial charge in [-0.15, -0.1) is 11.3 Å². The Morgan fingerprint density at radius 1 is 1.56 bits per heavy atom. The van der Waals surface area contributed by atoms with Gasteiger partial charge in [0.2, 0.25) is 5.91 Å². The average molecular weight is 238 g/mol. The normalized spacial score (nSPS) is 15.1. The highest BCUT2D eigenvalue weighted by molar-refractivity contribution is 7.10. The molecule has 3 nitrogen and oxygen atoms in total. The van der Waals surface area contributed by atoms with E-state index in [-0.39, 0.29) is 5.91 Å². The Labute approximate surface area is 100 Å². The highest BCUT2D eigenvalue weighted by Crippen LogP contribution is 2.27. The molecule has 1 aromatic heterocycles. The Bertz CT molecular complexity index is 358. The van der Waals surface area contributed by atoms with Crippen LogP contribution in [0.25, 0.3) is 0 Å². The molecule has 1 aromatic rings. The Morgan fingerprint density at radius 2 is 2.38 bits per heavy atom. The second kappa shape index (κ2) is 5.46. The summed E-state index contributed by atoms with van der Waals surface area (Å²) >= 11 is 1.74. The van der Waals surface area contributed by atoms with E-state index in [0.717, 1.165) is 19.0 Å². The molecule has 1 amide bonds. The van der Waals surface area contributed by atoms with Crippen molar-refractivity contribution in [2.24, 2.45) is 5.92 Å². The van der Waals surface area contributed by atoms with Crippen LogP contribution in [0.1, 0.15) is 23.3 Å². The van der Waals surface area contributed by atoms with Crippen LogP contribution in [0.15, 0.2) is 11.4 Å². The van der Waals surface area contributed by atoms with Crippen LogP contribution in [0.3, 0.4) is 0 Å². The third-order valence-corrected chi connectivity index (χ3v) is 3.85.